The van der Waals surface area contributed by atoms with Gasteiger partial charge >= 0.3 is 0 Å². The van der Waals surface area contributed by atoms with Crippen LogP contribution in [0, 0.1) is 0 Å². The third-order valence-corrected chi connectivity index (χ3v) is 3.55. The molecular formula is C16H15ClN2O. The first kappa shape index (κ1) is 13.0. The van der Waals surface area contributed by atoms with E-state index in [-0.39, 0.29) is 0 Å². The zero-order valence-corrected chi connectivity index (χ0v) is 11.6. The second-order valence-electron chi connectivity index (χ2n) is 4.77. The average molecular weight is 287 g/mol. The molecule has 0 radical (unpaired) electrons. The molecule has 0 fully saturated rings. The van der Waals surface area contributed by atoms with Gasteiger partial charge in [0, 0.05) is 35.2 Å². The molecule has 3 nitrogen and oxygen atoms in total. The number of fused-ring (bicyclic) bond motifs is 1. The van der Waals surface area contributed by atoms with E-state index in [9.17, 15) is 5.11 Å². The van der Waals surface area contributed by atoms with E-state index in [0.717, 1.165) is 29.2 Å². The van der Waals surface area contributed by atoms with Gasteiger partial charge in [0.25, 0.3) is 0 Å². The smallest absolute Gasteiger partial charge is 0.115 e. The molecule has 3 aromatic rings. The monoisotopic (exact) mass is 286 g/mol. The van der Waals surface area contributed by atoms with Gasteiger partial charge in [0.15, 0.2) is 0 Å². The lowest BCUT2D eigenvalue weighted by atomic mass is 10.1. The van der Waals surface area contributed by atoms with Gasteiger partial charge in [-0.2, -0.15) is 0 Å². The molecular weight excluding hydrogens is 272 g/mol. The maximum absolute atomic E-state index is 9.24. The minimum absolute atomic E-state index is 0.294. The van der Waals surface area contributed by atoms with Gasteiger partial charge in [-0.05, 0) is 35.4 Å². The molecule has 2 aromatic carbocycles. The van der Waals surface area contributed by atoms with Crippen LogP contribution in [0.4, 0.5) is 0 Å². The van der Waals surface area contributed by atoms with Gasteiger partial charge in [-0.3, -0.25) is 0 Å². The quantitative estimate of drug-likeness (QED) is 0.683. The van der Waals surface area contributed by atoms with E-state index in [1.54, 1.807) is 12.1 Å². The predicted molar refractivity (Wildman–Crippen MR) is 82.0 cm³/mol. The Morgan fingerprint density at radius 1 is 1.05 bits per heavy atom. The lowest BCUT2D eigenvalue weighted by molar-refractivity contribution is 0.475. The maximum Gasteiger partial charge on any atom is 0.115 e. The molecule has 102 valence electrons. The first-order chi connectivity index (χ1) is 9.72. The molecule has 1 aromatic heterocycles. The van der Waals surface area contributed by atoms with Crippen molar-refractivity contribution in [2.45, 2.75) is 13.1 Å². The number of aromatic nitrogens is 1. The van der Waals surface area contributed by atoms with Crippen molar-refractivity contribution in [2.75, 3.05) is 0 Å². The van der Waals surface area contributed by atoms with Crippen LogP contribution in [-0.4, -0.2) is 10.1 Å². The summed E-state index contributed by atoms with van der Waals surface area (Å²) in [7, 11) is 0. The Kier molecular flexibility index (Phi) is 3.63. The van der Waals surface area contributed by atoms with Crippen molar-refractivity contribution in [1.29, 1.82) is 0 Å². The number of aromatic amines is 1. The summed E-state index contributed by atoms with van der Waals surface area (Å²) < 4.78 is 0. The summed E-state index contributed by atoms with van der Waals surface area (Å²) in [6.07, 6.45) is 2.00. The molecule has 0 spiro atoms. The topological polar surface area (TPSA) is 48.0 Å². The molecule has 0 amide bonds. The second kappa shape index (κ2) is 5.57. The fraction of sp³-hybridized carbons (Fsp3) is 0.125. The van der Waals surface area contributed by atoms with Crippen LogP contribution in [0.5, 0.6) is 5.75 Å². The summed E-state index contributed by atoms with van der Waals surface area (Å²) in [6, 6.07) is 13.1. The zero-order chi connectivity index (χ0) is 13.9. The Hall–Kier alpha value is -1.97. The molecule has 0 aliphatic carbocycles. The number of phenols is 1. The summed E-state index contributed by atoms with van der Waals surface area (Å²) >= 11 is 5.97. The number of hydrogen-bond donors (Lipinski definition) is 3. The number of nitrogens with one attached hydrogen (secondary N) is 2. The highest BCUT2D eigenvalue weighted by molar-refractivity contribution is 6.31. The van der Waals surface area contributed by atoms with Gasteiger partial charge in [-0.25, -0.2) is 0 Å². The van der Waals surface area contributed by atoms with Gasteiger partial charge in [0.1, 0.15) is 5.75 Å². The number of hydrogen-bond acceptors (Lipinski definition) is 2. The van der Waals surface area contributed by atoms with Crippen LogP contribution in [0.2, 0.25) is 5.02 Å². The molecule has 0 unspecified atom stereocenters. The van der Waals surface area contributed by atoms with Crippen molar-refractivity contribution < 1.29 is 5.11 Å². The van der Waals surface area contributed by atoms with Gasteiger partial charge in [0.05, 0.1) is 0 Å². The van der Waals surface area contributed by atoms with Gasteiger partial charge < -0.3 is 15.4 Å². The van der Waals surface area contributed by atoms with Gasteiger partial charge in [-0.1, -0.05) is 29.8 Å². The lowest BCUT2D eigenvalue weighted by Gasteiger charge is -2.04. The van der Waals surface area contributed by atoms with Crippen LogP contribution in [0.1, 0.15) is 11.1 Å². The highest BCUT2D eigenvalue weighted by atomic mass is 35.5. The van der Waals surface area contributed by atoms with Crippen molar-refractivity contribution in [3.8, 4) is 5.75 Å². The summed E-state index contributed by atoms with van der Waals surface area (Å²) in [6.45, 7) is 1.54. The number of aromatic hydroxyl groups is 1. The van der Waals surface area contributed by atoms with E-state index < -0.39 is 0 Å². The molecule has 0 aliphatic heterocycles. The van der Waals surface area contributed by atoms with Crippen molar-refractivity contribution in [3.63, 3.8) is 0 Å². The zero-order valence-electron chi connectivity index (χ0n) is 10.9. The minimum Gasteiger partial charge on any atom is -0.508 e. The normalized spacial score (nSPS) is 11.1. The first-order valence-corrected chi connectivity index (χ1v) is 6.84. The van der Waals surface area contributed by atoms with Crippen LogP contribution in [-0.2, 0) is 13.1 Å². The lowest BCUT2D eigenvalue weighted by Crippen LogP contribution is -2.12. The van der Waals surface area contributed by atoms with E-state index in [0.29, 0.717) is 5.75 Å². The van der Waals surface area contributed by atoms with Crippen molar-refractivity contribution in [2.24, 2.45) is 0 Å². The van der Waals surface area contributed by atoms with E-state index in [1.807, 2.05) is 36.5 Å². The van der Waals surface area contributed by atoms with Crippen molar-refractivity contribution >= 4 is 22.5 Å². The highest BCUT2D eigenvalue weighted by Gasteiger charge is 2.03. The number of rotatable bonds is 4. The summed E-state index contributed by atoms with van der Waals surface area (Å²) in [5.74, 6) is 0.294. The third-order valence-electron chi connectivity index (χ3n) is 3.31. The maximum atomic E-state index is 9.24. The predicted octanol–water partition coefficient (Wildman–Crippen LogP) is 3.82. The second-order valence-corrected chi connectivity index (χ2v) is 5.21. The van der Waals surface area contributed by atoms with Crippen LogP contribution in [0.3, 0.4) is 0 Å². The summed E-state index contributed by atoms with van der Waals surface area (Å²) in [5.41, 5.74) is 3.42. The standard InChI is InChI=1S/C16H15ClN2O/c17-13-3-6-15-12(10-19-16(15)7-13)9-18-8-11-1-4-14(20)5-2-11/h1-7,10,18-20H,8-9H2. The largest absolute Gasteiger partial charge is 0.508 e. The molecule has 0 aliphatic rings. The SMILES string of the molecule is Oc1ccc(CNCc2c[nH]c3cc(Cl)ccc23)cc1. The molecule has 0 saturated carbocycles. The van der Waals surface area contributed by atoms with Crippen LogP contribution < -0.4 is 5.32 Å². The number of H-pyrrole nitrogens is 1. The first-order valence-electron chi connectivity index (χ1n) is 6.46. The molecule has 0 bridgehead atoms. The fourth-order valence-electron chi connectivity index (χ4n) is 2.26. The van der Waals surface area contributed by atoms with E-state index in [2.05, 4.69) is 10.3 Å². The molecule has 3 N–H and O–H groups in total. The van der Waals surface area contributed by atoms with Crippen LogP contribution >= 0.6 is 11.6 Å². The average Bonchev–Trinajstić information content (AvgIpc) is 2.83. The Morgan fingerprint density at radius 3 is 2.65 bits per heavy atom. The molecule has 1 heterocycles. The number of phenolic OH excluding ortho intramolecular Hbond substituents is 1. The minimum atomic E-state index is 0.294. The van der Waals surface area contributed by atoms with E-state index >= 15 is 0 Å². The fourth-order valence-corrected chi connectivity index (χ4v) is 2.43. The van der Waals surface area contributed by atoms with E-state index in [1.165, 1.54) is 10.9 Å². The molecule has 0 atom stereocenters. The van der Waals surface area contributed by atoms with Crippen LogP contribution in [0.15, 0.2) is 48.7 Å². The van der Waals surface area contributed by atoms with Crippen molar-refractivity contribution in [1.82, 2.24) is 10.3 Å². The summed E-state index contributed by atoms with van der Waals surface area (Å²) in [4.78, 5) is 3.23. The third kappa shape index (κ3) is 2.79. The molecule has 0 saturated heterocycles. The molecule has 4 heteroatoms. The van der Waals surface area contributed by atoms with Gasteiger partial charge in [-0.15, -0.1) is 0 Å². The Balaban J connectivity index is 1.66. The van der Waals surface area contributed by atoms with Gasteiger partial charge in [0.2, 0.25) is 0 Å². The molecule has 3 rings (SSSR count). The number of benzene rings is 2. The number of halogens is 1. The van der Waals surface area contributed by atoms with Crippen molar-refractivity contribution in [3.05, 3.63) is 64.8 Å². The molecule has 20 heavy (non-hydrogen) atoms. The Morgan fingerprint density at radius 2 is 1.85 bits per heavy atom. The Labute approximate surface area is 122 Å². The highest BCUT2D eigenvalue weighted by Crippen LogP contribution is 2.22. The summed E-state index contributed by atoms with van der Waals surface area (Å²) in [5, 5.41) is 14.6. The Bertz CT molecular complexity index is 719. The van der Waals surface area contributed by atoms with Crippen LogP contribution in [0.25, 0.3) is 10.9 Å². The van der Waals surface area contributed by atoms with E-state index in [4.69, 9.17) is 11.6 Å².